The van der Waals surface area contributed by atoms with Gasteiger partial charge in [0.25, 0.3) is 0 Å². The quantitative estimate of drug-likeness (QED) is 0.833. The summed E-state index contributed by atoms with van der Waals surface area (Å²) in [6.07, 6.45) is 0.780. The second-order valence-corrected chi connectivity index (χ2v) is 5.90. The predicted molar refractivity (Wildman–Crippen MR) is 83.3 cm³/mol. The van der Waals surface area contributed by atoms with E-state index >= 15 is 0 Å². The molecule has 22 heavy (non-hydrogen) atoms. The van der Waals surface area contributed by atoms with Gasteiger partial charge in [-0.15, -0.1) is 0 Å². The minimum atomic E-state index is 0.0250. The van der Waals surface area contributed by atoms with E-state index in [0.29, 0.717) is 5.89 Å². The molecule has 124 valence electrons. The van der Waals surface area contributed by atoms with E-state index in [1.165, 1.54) is 0 Å². The van der Waals surface area contributed by atoms with Crippen LogP contribution in [0.1, 0.15) is 38.5 Å². The molecule has 0 aromatic carbocycles. The van der Waals surface area contributed by atoms with E-state index in [1.54, 1.807) is 0 Å². The van der Waals surface area contributed by atoms with Crippen LogP contribution in [-0.2, 0) is 11.2 Å². The summed E-state index contributed by atoms with van der Waals surface area (Å²) in [5.41, 5.74) is 0. The summed E-state index contributed by atoms with van der Waals surface area (Å²) in [5.74, 6) is 1.67. The smallest absolute Gasteiger partial charge is 0.243 e. The Labute approximate surface area is 132 Å². The van der Waals surface area contributed by atoms with E-state index in [9.17, 15) is 4.79 Å². The van der Waals surface area contributed by atoms with Crippen LogP contribution < -0.4 is 5.32 Å². The molecule has 0 bridgehead atoms. The molecular formula is C15H27N5O2. The molecule has 1 saturated heterocycles. The maximum absolute atomic E-state index is 12.3. The van der Waals surface area contributed by atoms with Gasteiger partial charge in [0.2, 0.25) is 11.8 Å². The highest BCUT2D eigenvalue weighted by atomic mass is 16.5. The van der Waals surface area contributed by atoms with Gasteiger partial charge in [-0.25, -0.2) is 0 Å². The molecule has 1 aliphatic rings. The monoisotopic (exact) mass is 309 g/mol. The van der Waals surface area contributed by atoms with Crippen LogP contribution in [0.2, 0.25) is 0 Å². The van der Waals surface area contributed by atoms with Gasteiger partial charge in [0, 0.05) is 45.1 Å². The second kappa shape index (κ2) is 7.69. The highest BCUT2D eigenvalue weighted by Gasteiger charge is 2.28. The molecule has 7 nitrogen and oxygen atoms in total. The number of aryl methyl sites for hydroxylation is 1. The normalized spacial score (nSPS) is 19.2. The van der Waals surface area contributed by atoms with Gasteiger partial charge < -0.3 is 14.7 Å². The number of piperazine rings is 1. The lowest BCUT2D eigenvalue weighted by Crippen LogP contribution is -2.51. The zero-order valence-corrected chi connectivity index (χ0v) is 14.0. The van der Waals surface area contributed by atoms with Crippen LogP contribution in [0.3, 0.4) is 0 Å². The molecule has 2 rings (SSSR count). The number of hydrogen-bond donors (Lipinski definition) is 1. The average Bonchev–Trinajstić information content (AvgIpc) is 3.03. The van der Waals surface area contributed by atoms with Gasteiger partial charge in [-0.2, -0.15) is 4.98 Å². The molecule has 1 aromatic heterocycles. The van der Waals surface area contributed by atoms with E-state index < -0.39 is 0 Å². The Morgan fingerprint density at radius 3 is 2.55 bits per heavy atom. The van der Waals surface area contributed by atoms with E-state index in [4.69, 9.17) is 4.52 Å². The van der Waals surface area contributed by atoms with Crippen molar-refractivity contribution in [3.8, 4) is 0 Å². The van der Waals surface area contributed by atoms with E-state index in [2.05, 4.69) is 27.3 Å². The van der Waals surface area contributed by atoms with Crippen LogP contribution in [0.15, 0.2) is 4.52 Å². The molecule has 1 fully saturated rings. The molecule has 0 aliphatic carbocycles. The molecule has 0 radical (unpaired) electrons. The fraction of sp³-hybridized carbons (Fsp3) is 0.800. The standard InChI is InChI=1S/C15H27N5O2/c1-5-13-17-14(22-18-13)12(3)19-6-8-20(9-7-19)15(21)11(2)10-16-4/h11-12,16H,5-10H2,1-4H3. The van der Waals surface area contributed by atoms with E-state index in [-0.39, 0.29) is 17.9 Å². The second-order valence-electron chi connectivity index (χ2n) is 5.90. The first-order chi connectivity index (χ1) is 10.6. The zero-order chi connectivity index (χ0) is 16.1. The molecule has 0 saturated carbocycles. The van der Waals surface area contributed by atoms with Gasteiger partial charge in [0.15, 0.2) is 5.82 Å². The van der Waals surface area contributed by atoms with Crippen molar-refractivity contribution in [2.24, 2.45) is 5.92 Å². The van der Waals surface area contributed by atoms with Crippen LogP contribution in [0, 0.1) is 5.92 Å². The van der Waals surface area contributed by atoms with Crippen LogP contribution in [0.5, 0.6) is 0 Å². The molecule has 2 unspecified atom stereocenters. The summed E-state index contributed by atoms with van der Waals surface area (Å²) in [6, 6.07) is 0.0970. The lowest BCUT2D eigenvalue weighted by molar-refractivity contribution is -0.137. The van der Waals surface area contributed by atoms with Crippen LogP contribution >= 0.6 is 0 Å². The lowest BCUT2D eigenvalue weighted by Gasteiger charge is -2.37. The highest BCUT2D eigenvalue weighted by molar-refractivity contribution is 5.78. The maximum Gasteiger partial charge on any atom is 0.243 e. The highest BCUT2D eigenvalue weighted by Crippen LogP contribution is 2.20. The Morgan fingerprint density at radius 2 is 2.00 bits per heavy atom. The van der Waals surface area contributed by atoms with Crippen molar-refractivity contribution in [3.05, 3.63) is 11.7 Å². The summed E-state index contributed by atoms with van der Waals surface area (Å²) in [7, 11) is 1.87. The van der Waals surface area contributed by atoms with Crippen molar-refractivity contribution >= 4 is 5.91 Å². The summed E-state index contributed by atoms with van der Waals surface area (Å²) >= 11 is 0. The van der Waals surface area contributed by atoms with Gasteiger partial charge in [-0.3, -0.25) is 9.69 Å². The van der Waals surface area contributed by atoms with Gasteiger partial charge >= 0.3 is 0 Å². The van der Waals surface area contributed by atoms with Crippen molar-refractivity contribution in [1.82, 2.24) is 25.3 Å². The maximum atomic E-state index is 12.3. The first-order valence-corrected chi connectivity index (χ1v) is 8.06. The molecule has 1 aliphatic heterocycles. The third-order valence-corrected chi connectivity index (χ3v) is 4.26. The molecule has 2 heterocycles. The largest absolute Gasteiger partial charge is 0.340 e. The Hall–Kier alpha value is -1.47. The number of nitrogens with zero attached hydrogens (tertiary/aromatic N) is 4. The van der Waals surface area contributed by atoms with Crippen LogP contribution in [-0.4, -0.2) is 65.6 Å². The fourth-order valence-electron chi connectivity index (χ4n) is 2.77. The van der Waals surface area contributed by atoms with Crippen molar-refractivity contribution in [2.45, 2.75) is 33.2 Å². The Kier molecular flexibility index (Phi) is 5.90. The minimum absolute atomic E-state index is 0.0250. The number of aromatic nitrogens is 2. The Morgan fingerprint density at radius 1 is 1.32 bits per heavy atom. The molecule has 2 atom stereocenters. The predicted octanol–water partition coefficient (Wildman–Crippen LogP) is 0.693. The van der Waals surface area contributed by atoms with E-state index in [0.717, 1.165) is 45.0 Å². The Bertz CT molecular complexity index is 482. The van der Waals surface area contributed by atoms with Gasteiger partial charge in [0.05, 0.1) is 6.04 Å². The molecule has 0 spiro atoms. The third-order valence-electron chi connectivity index (χ3n) is 4.26. The van der Waals surface area contributed by atoms with Gasteiger partial charge in [-0.1, -0.05) is 19.0 Å². The van der Waals surface area contributed by atoms with E-state index in [1.807, 2.05) is 25.8 Å². The summed E-state index contributed by atoms with van der Waals surface area (Å²) < 4.78 is 5.32. The molecule has 7 heteroatoms. The van der Waals surface area contributed by atoms with Crippen molar-refractivity contribution < 1.29 is 9.32 Å². The van der Waals surface area contributed by atoms with Gasteiger partial charge in [0.1, 0.15) is 0 Å². The van der Waals surface area contributed by atoms with Crippen LogP contribution in [0.25, 0.3) is 0 Å². The minimum Gasteiger partial charge on any atom is -0.340 e. The number of hydrogen-bond acceptors (Lipinski definition) is 6. The fourth-order valence-corrected chi connectivity index (χ4v) is 2.77. The first-order valence-electron chi connectivity index (χ1n) is 8.06. The number of nitrogens with one attached hydrogen (secondary N) is 1. The average molecular weight is 309 g/mol. The molecular weight excluding hydrogens is 282 g/mol. The summed E-state index contributed by atoms with van der Waals surface area (Å²) in [4.78, 5) is 21.0. The van der Waals surface area contributed by atoms with Crippen molar-refractivity contribution in [1.29, 1.82) is 0 Å². The zero-order valence-electron chi connectivity index (χ0n) is 14.0. The molecule has 1 aromatic rings. The number of rotatable bonds is 6. The topological polar surface area (TPSA) is 74.5 Å². The summed E-state index contributed by atoms with van der Waals surface area (Å²) in [5, 5.41) is 7.01. The number of carbonyl (C=O) groups is 1. The molecule has 1 N–H and O–H groups in total. The van der Waals surface area contributed by atoms with Crippen molar-refractivity contribution in [3.63, 3.8) is 0 Å². The molecule has 1 amide bonds. The first kappa shape index (κ1) is 16.9. The van der Waals surface area contributed by atoms with Crippen LogP contribution in [0.4, 0.5) is 0 Å². The lowest BCUT2D eigenvalue weighted by atomic mass is 10.1. The summed E-state index contributed by atoms with van der Waals surface area (Å²) in [6.45, 7) is 9.96. The van der Waals surface area contributed by atoms with Crippen molar-refractivity contribution in [2.75, 3.05) is 39.8 Å². The Balaban J connectivity index is 1.87. The van der Waals surface area contributed by atoms with Gasteiger partial charge in [-0.05, 0) is 14.0 Å². The number of amides is 1. The SMILES string of the molecule is CCc1noc(C(C)N2CCN(C(=O)C(C)CNC)CC2)n1. The third kappa shape index (κ3) is 3.84. The number of carbonyl (C=O) groups excluding carboxylic acids is 1.